The standard InChI is InChI=1S/C17H22FN5O.ClH/c1-11(13-4-3-5-14(18)10-13)16(24)21-17-20-15(22-23(17)2)12-6-8-19-9-7-12;/h3-5,10-12,19H,6-9H2,1-2H3,(H,20,21,22,24);1H. The summed E-state index contributed by atoms with van der Waals surface area (Å²) >= 11 is 0. The van der Waals surface area contributed by atoms with Gasteiger partial charge in [-0.2, -0.15) is 10.1 Å². The lowest BCUT2D eigenvalue weighted by atomic mass is 9.98. The molecule has 0 radical (unpaired) electrons. The summed E-state index contributed by atoms with van der Waals surface area (Å²) in [6.07, 6.45) is 1.99. The van der Waals surface area contributed by atoms with Crippen molar-refractivity contribution < 1.29 is 9.18 Å². The maximum Gasteiger partial charge on any atom is 0.233 e. The predicted octanol–water partition coefficient (Wildman–Crippen LogP) is 2.59. The number of benzene rings is 1. The van der Waals surface area contributed by atoms with Crippen molar-refractivity contribution in [2.75, 3.05) is 18.4 Å². The van der Waals surface area contributed by atoms with Crippen LogP contribution < -0.4 is 10.6 Å². The molecule has 0 saturated carbocycles. The number of halogens is 2. The third kappa shape index (κ3) is 4.55. The number of amides is 1. The normalized spacial score (nSPS) is 16.1. The average molecular weight is 368 g/mol. The van der Waals surface area contributed by atoms with Crippen LogP contribution in [-0.4, -0.2) is 33.8 Å². The number of hydrogen-bond donors (Lipinski definition) is 2. The van der Waals surface area contributed by atoms with Crippen LogP contribution in [0.5, 0.6) is 0 Å². The number of rotatable bonds is 4. The van der Waals surface area contributed by atoms with Crippen LogP contribution in [0.15, 0.2) is 24.3 Å². The Kier molecular flexibility index (Phi) is 6.50. The van der Waals surface area contributed by atoms with Gasteiger partial charge in [-0.3, -0.25) is 10.1 Å². The van der Waals surface area contributed by atoms with E-state index in [-0.39, 0.29) is 24.1 Å². The van der Waals surface area contributed by atoms with Crippen LogP contribution in [0.3, 0.4) is 0 Å². The van der Waals surface area contributed by atoms with Crippen LogP contribution in [0, 0.1) is 5.82 Å². The lowest BCUT2D eigenvalue weighted by molar-refractivity contribution is -0.117. The van der Waals surface area contributed by atoms with E-state index in [1.165, 1.54) is 12.1 Å². The van der Waals surface area contributed by atoms with E-state index in [1.54, 1.807) is 30.8 Å². The summed E-state index contributed by atoms with van der Waals surface area (Å²) in [5.74, 6) is 0.472. The smallest absolute Gasteiger partial charge is 0.233 e. The molecular weight excluding hydrogens is 345 g/mol. The summed E-state index contributed by atoms with van der Waals surface area (Å²) < 4.78 is 14.9. The Bertz CT molecular complexity index is 730. The first-order valence-electron chi connectivity index (χ1n) is 8.22. The highest BCUT2D eigenvalue weighted by atomic mass is 35.5. The summed E-state index contributed by atoms with van der Waals surface area (Å²) in [7, 11) is 1.76. The van der Waals surface area contributed by atoms with E-state index in [2.05, 4.69) is 20.7 Å². The maximum atomic E-state index is 13.3. The van der Waals surface area contributed by atoms with Gasteiger partial charge in [0.1, 0.15) is 5.82 Å². The van der Waals surface area contributed by atoms with Gasteiger partial charge in [-0.1, -0.05) is 12.1 Å². The summed E-state index contributed by atoms with van der Waals surface area (Å²) in [6, 6.07) is 6.08. The fourth-order valence-electron chi connectivity index (χ4n) is 2.91. The zero-order valence-corrected chi connectivity index (χ0v) is 15.1. The molecule has 1 aliphatic heterocycles. The lowest BCUT2D eigenvalue weighted by Gasteiger charge is -2.19. The molecule has 0 aliphatic carbocycles. The Balaban J connectivity index is 0.00000225. The van der Waals surface area contributed by atoms with E-state index >= 15 is 0 Å². The minimum absolute atomic E-state index is 0. The molecular formula is C17H23ClFN5O. The van der Waals surface area contributed by atoms with E-state index in [0.29, 0.717) is 17.4 Å². The Hall–Kier alpha value is -1.99. The highest BCUT2D eigenvalue weighted by molar-refractivity contribution is 5.94. The largest absolute Gasteiger partial charge is 0.317 e. The summed E-state index contributed by atoms with van der Waals surface area (Å²) in [5.41, 5.74) is 0.633. The van der Waals surface area contributed by atoms with Crippen LogP contribution in [-0.2, 0) is 11.8 Å². The number of anilines is 1. The summed E-state index contributed by atoms with van der Waals surface area (Å²) in [6.45, 7) is 3.66. The molecule has 8 heteroatoms. The molecule has 2 aromatic rings. The Labute approximate surface area is 152 Å². The van der Waals surface area contributed by atoms with Gasteiger partial charge in [0.25, 0.3) is 0 Å². The molecule has 1 fully saturated rings. The lowest BCUT2D eigenvalue weighted by Crippen LogP contribution is -2.27. The first kappa shape index (κ1) is 19.3. The fraction of sp³-hybridized carbons (Fsp3) is 0.471. The molecule has 25 heavy (non-hydrogen) atoms. The molecule has 1 atom stereocenters. The van der Waals surface area contributed by atoms with Gasteiger partial charge in [0.2, 0.25) is 11.9 Å². The molecule has 136 valence electrons. The molecule has 6 nitrogen and oxygen atoms in total. The van der Waals surface area contributed by atoms with Crippen molar-refractivity contribution in [2.24, 2.45) is 7.05 Å². The van der Waals surface area contributed by atoms with Gasteiger partial charge in [0.15, 0.2) is 5.82 Å². The Morgan fingerprint density at radius 3 is 2.80 bits per heavy atom. The minimum Gasteiger partial charge on any atom is -0.317 e. The third-order valence-electron chi connectivity index (χ3n) is 4.46. The van der Waals surface area contributed by atoms with Gasteiger partial charge in [-0.05, 0) is 50.6 Å². The molecule has 2 N–H and O–H groups in total. The average Bonchev–Trinajstić information content (AvgIpc) is 2.95. The van der Waals surface area contributed by atoms with Crippen LogP contribution in [0.4, 0.5) is 10.3 Å². The van der Waals surface area contributed by atoms with Crippen LogP contribution >= 0.6 is 12.4 Å². The quantitative estimate of drug-likeness (QED) is 0.871. The molecule has 3 rings (SSSR count). The van der Waals surface area contributed by atoms with Crippen LogP contribution in [0.2, 0.25) is 0 Å². The van der Waals surface area contributed by atoms with Gasteiger partial charge < -0.3 is 5.32 Å². The molecule has 0 bridgehead atoms. The summed E-state index contributed by atoms with van der Waals surface area (Å²) in [5, 5.41) is 10.5. The zero-order valence-electron chi connectivity index (χ0n) is 14.3. The van der Waals surface area contributed by atoms with E-state index < -0.39 is 5.92 Å². The van der Waals surface area contributed by atoms with Gasteiger partial charge in [0.05, 0.1) is 5.92 Å². The zero-order chi connectivity index (χ0) is 17.1. The number of carbonyl (C=O) groups is 1. The van der Waals surface area contributed by atoms with Crippen LogP contribution in [0.25, 0.3) is 0 Å². The molecule has 1 saturated heterocycles. The molecule has 1 aromatic heterocycles. The molecule has 1 aliphatic rings. The van der Waals surface area contributed by atoms with E-state index in [0.717, 1.165) is 31.8 Å². The van der Waals surface area contributed by atoms with Crippen molar-refractivity contribution >= 4 is 24.3 Å². The van der Waals surface area contributed by atoms with Gasteiger partial charge in [-0.25, -0.2) is 9.07 Å². The molecule has 0 spiro atoms. The fourth-order valence-corrected chi connectivity index (χ4v) is 2.91. The number of nitrogens with one attached hydrogen (secondary N) is 2. The topological polar surface area (TPSA) is 71.8 Å². The van der Waals surface area contributed by atoms with Gasteiger partial charge in [0, 0.05) is 13.0 Å². The monoisotopic (exact) mass is 367 g/mol. The third-order valence-corrected chi connectivity index (χ3v) is 4.46. The highest BCUT2D eigenvalue weighted by Crippen LogP contribution is 2.24. The van der Waals surface area contributed by atoms with Gasteiger partial charge >= 0.3 is 0 Å². The first-order chi connectivity index (χ1) is 11.5. The van der Waals surface area contributed by atoms with Crippen molar-refractivity contribution in [2.45, 2.75) is 31.6 Å². The minimum atomic E-state index is -0.472. The number of nitrogens with zero attached hydrogens (tertiary/aromatic N) is 3. The molecule has 2 heterocycles. The number of hydrogen-bond acceptors (Lipinski definition) is 4. The maximum absolute atomic E-state index is 13.3. The Morgan fingerprint density at radius 1 is 1.40 bits per heavy atom. The second kappa shape index (κ2) is 8.40. The first-order valence-corrected chi connectivity index (χ1v) is 8.22. The van der Waals surface area contributed by atoms with Crippen molar-refractivity contribution in [3.8, 4) is 0 Å². The van der Waals surface area contributed by atoms with E-state index in [9.17, 15) is 9.18 Å². The Morgan fingerprint density at radius 2 is 2.12 bits per heavy atom. The second-order valence-electron chi connectivity index (χ2n) is 6.21. The van der Waals surface area contributed by atoms with Crippen molar-refractivity contribution in [3.63, 3.8) is 0 Å². The number of carbonyl (C=O) groups excluding carboxylic acids is 1. The van der Waals surface area contributed by atoms with Crippen molar-refractivity contribution in [1.82, 2.24) is 20.1 Å². The van der Waals surface area contributed by atoms with Crippen LogP contribution in [0.1, 0.15) is 43.0 Å². The van der Waals surface area contributed by atoms with E-state index in [4.69, 9.17) is 0 Å². The predicted molar refractivity (Wildman–Crippen MR) is 96.5 cm³/mol. The second-order valence-corrected chi connectivity index (χ2v) is 6.21. The highest BCUT2D eigenvalue weighted by Gasteiger charge is 2.23. The van der Waals surface area contributed by atoms with Gasteiger partial charge in [-0.15, -0.1) is 12.4 Å². The molecule has 1 unspecified atom stereocenters. The van der Waals surface area contributed by atoms with Crippen molar-refractivity contribution in [1.29, 1.82) is 0 Å². The van der Waals surface area contributed by atoms with Crippen molar-refractivity contribution in [3.05, 3.63) is 41.5 Å². The number of aryl methyl sites for hydroxylation is 1. The molecule has 1 aromatic carbocycles. The number of aromatic nitrogens is 3. The molecule has 1 amide bonds. The van der Waals surface area contributed by atoms with E-state index in [1.807, 2.05) is 0 Å². The SMILES string of the molecule is CC(C(=O)Nc1nc(C2CCNCC2)nn1C)c1cccc(F)c1.Cl. The summed E-state index contributed by atoms with van der Waals surface area (Å²) in [4.78, 5) is 16.9. The number of piperidine rings is 1.